The fourth-order valence-corrected chi connectivity index (χ4v) is 3.15. The molecule has 3 aromatic carbocycles. The highest BCUT2D eigenvalue weighted by Gasteiger charge is 2.11. The standard InChI is InChI=1S/C21H17ClN4O/c1-13-10-14(17-12-16(27-2)8-9-18(17)22)11-19-20(13)24-21(26-25-19)23-15-6-4-3-5-7-15/h3-12H,1-2H3,(H,23,24,26). The van der Waals surface area contributed by atoms with E-state index in [0.717, 1.165) is 33.6 Å². The van der Waals surface area contributed by atoms with E-state index >= 15 is 0 Å². The van der Waals surface area contributed by atoms with Crippen molar-refractivity contribution in [2.24, 2.45) is 0 Å². The lowest BCUT2D eigenvalue weighted by Gasteiger charge is -2.11. The van der Waals surface area contributed by atoms with E-state index in [1.165, 1.54) is 0 Å². The van der Waals surface area contributed by atoms with E-state index in [2.05, 4.69) is 20.5 Å². The molecular weight excluding hydrogens is 360 g/mol. The summed E-state index contributed by atoms with van der Waals surface area (Å²) in [6.45, 7) is 2.00. The third kappa shape index (κ3) is 3.55. The number of hydrogen-bond acceptors (Lipinski definition) is 5. The van der Waals surface area contributed by atoms with Gasteiger partial charge in [-0.05, 0) is 60.5 Å². The average Bonchev–Trinajstić information content (AvgIpc) is 2.69. The number of fused-ring (bicyclic) bond motifs is 1. The maximum atomic E-state index is 6.39. The lowest BCUT2D eigenvalue weighted by Crippen LogP contribution is -2.00. The second kappa shape index (κ2) is 7.21. The number of aromatic nitrogens is 3. The first-order chi connectivity index (χ1) is 13.1. The third-order valence-electron chi connectivity index (χ3n) is 4.26. The van der Waals surface area contributed by atoms with Crippen LogP contribution < -0.4 is 10.1 Å². The minimum atomic E-state index is 0.462. The number of nitrogens with zero attached hydrogens (tertiary/aromatic N) is 3. The van der Waals surface area contributed by atoms with Crippen LogP contribution in [0.4, 0.5) is 11.6 Å². The normalized spacial score (nSPS) is 10.8. The molecule has 1 aromatic heterocycles. The van der Waals surface area contributed by atoms with E-state index in [1.807, 2.05) is 67.6 Å². The zero-order valence-corrected chi connectivity index (χ0v) is 15.7. The van der Waals surface area contributed by atoms with Gasteiger partial charge in [0.05, 0.1) is 12.6 Å². The average molecular weight is 377 g/mol. The van der Waals surface area contributed by atoms with E-state index in [9.17, 15) is 0 Å². The molecule has 0 radical (unpaired) electrons. The molecule has 0 amide bonds. The molecule has 0 saturated heterocycles. The van der Waals surface area contributed by atoms with Crippen molar-refractivity contribution in [3.05, 3.63) is 71.2 Å². The zero-order valence-electron chi connectivity index (χ0n) is 14.9. The van der Waals surface area contributed by atoms with Crippen LogP contribution in [-0.2, 0) is 0 Å². The Morgan fingerprint density at radius 3 is 2.56 bits per heavy atom. The fourth-order valence-electron chi connectivity index (χ4n) is 2.92. The molecule has 1 N–H and O–H groups in total. The van der Waals surface area contributed by atoms with Crippen molar-refractivity contribution in [1.82, 2.24) is 15.2 Å². The van der Waals surface area contributed by atoms with E-state index in [4.69, 9.17) is 16.3 Å². The Morgan fingerprint density at radius 2 is 1.78 bits per heavy atom. The zero-order chi connectivity index (χ0) is 18.8. The molecule has 4 rings (SSSR count). The molecule has 0 fully saturated rings. The summed E-state index contributed by atoms with van der Waals surface area (Å²) in [4.78, 5) is 4.62. The minimum Gasteiger partial charge on any atom is -0.497 e. The minimum absolute atomic E-state index is 0.462. The van der Waals surface area contributed by atoms with Gasteiger partial charge in [0.2, 0.25) is 5.95 Å². The highest BCUT2D eigenvalue weighted by atomic mass is 35.5. The van der Waals surface area contributed by atoms with Crippen LogP contribution in [0.15, 0.2) is 60.7 Å². The van der Waals surface area contributed by atoms with Gasteiger partial charge in [0.15, 0.2) is 0 Å². The second-order valence-electron chi connectivity index (χ2n) is 6.13. The quantitative estimate of drug-likeness (QED) is 0.516. The number of ether oxygens (including phenoxy) is 1. The van der Waals surface area contributed by atoms with Crippen molar-refractivity contribution in [2.45, 2.75) is 6.92 Å². The largest absolute Gasteiger partial charge is 0.497 e. The molecule has 6 heteroatoms. The Balaban J connectivity index is 1.76. The maximum absolute atomic E-state index is 6.39. The Kier molecular flexibility index (Phi) is 4.60. The molecular formula is C21H17ClN4O. The van der Waals surface area contributed by atoms with Crippen molar-refractivity contribution < 1.29 is 4.74 Å². The molecule has 0 aliphatic heterocycles. The highest BCUT2D eigenvalue weighted by molar-refractivity contribution is 6.33. The first kappa shape index (κ1) is 17.2. The Labute approximate surface area is 162 Å². The van der Waals surface area contributed by atoms with E-state index in [0.29, 0.717) is 16.5 Å². The summed E-state index contributed by atoms with van der Waals surface area (Å²) in [7, 11) is 1.63. The second-order valence-corrected chi connectivity index (χ2v) is 6.54. The SMILES string of the molecule is COc1ccc(Cl)c(-c2cc(C)c3nc(Nc4ccccc4)nnc3c2)c1. The van der Waals surface area contributed by atoms with Crippen molar-refractivity contribution in [3.8, 4) is 16.9 Å². The maximum Gasteiger partial charge on any atom is 0.247 e. The summed E-state index contributed by atoms with van der Waals surface area (Å²) >= 11 is 6.39. The van der Waals surface area contributed by atoms with Gasteiger partial charge in [0, 0.05) is 16.3 Å². The van der Waals surface area contributed by atoms with Gasteiger partial charge in [-0.2, -0.15) is 0 Å². The lowest BCUT2D eigenvalue weighted by atomic mass is 10.0. The van der Waals surface area contributed by atoms with Gasteiger partial charge in [0.1, 0.15) is 11.3 Å². The molecule has 4 aromatic rings. The number of anilines is 2. The number of methoxy groups -OCH3 is 1. The monoisotopic (exact) mass is 376 g/mol. The molecule has 27 heavy (non-hydrogen) atoms. The lowest BCUT2D eigenvalue weighted by molar-refractivity contribution is 0.415. The van der Waals surface area contributed by atoms with Gasteiger partial charge >= 0.3 is 0 Å². The summed E-state index contributed by atoms with van der Waals surface area (Å²) < 4.78 is 5.31. The van der Waals surface area contributed by atoms with Crippen LogP contribution >= 0.6 is 11.6 Å². The molecule has 1 heterocycles. The van der Waals surface area contributed by atoms with Crippen LogP contribution in [0.5, 0.6) is 5.75 Å². The van der Waals surface area contributed by atoms with Crippen molar-refractivity contribution in [3.63, 3.8) is 0 Å². The Morgan fingerprint density at radius 1 is 0.963 bits per heavy atom. The molecule has 0 aliphatic rings. The van der Waals surface area contributed by atoms with Crippen molar-refractivity contribution in [2.75, 3.05) is 12.4 Å². The number of para-hydroxylation sites is 1. The Hall–Kier alpha value is -3.18. The van der Waals surface area contributed by atoms with Gasteiger partial charge in [-0.1, -0.05) is 29.8 Å². The number of hydrogen-bond donors (Lipinski definition) is 1. The third-order valence-corrected chi connectivity index (χ3v) is 4.59. The molecule has 0 atom stereocenters. The molecule has 0 saturated carbocycles. The number of nitrogens with one attached hydrogen (secondary N) is 1. The molecule has 0 bridgehead atoms. The number of rotatable bonds is 4. The molecule has 5 nitrogen and oxygen atoms in total. The summed E-state index contributed by atoms with van der Waals surface area (Å²) in [5, 5.41) is 12.4. The molecule has 0 spiro atoms. The van der Waals surface area contributed by atoms with Crippen LogP contribution in [0, 0.1) is 6.92 Å². The fraction of sp³-hybridized carbons (Fsp3) is 0.0952. The van der Waals surface area contributed by atoms with Gasteiger partial charge in [-0.25, -0.2) is 4.98 Å². The van der Waals surface area contributed by atoms with E-state index in [-0.39, 0.29) is 0 Å². The number of aryl methyl sites for hydroxylation is 1. The predicted octanol–water partition coefficient (Wildman–Crippen LogP) is 5.41. The van der Waals surface area contributed by atoms with Gasteiger partial charge < -0.3 is 10.1 Å². The smallest absolute Gasteiger partial charge is 0.247 e. The summed E-state index contributed by atoms with van der Waals surface area (Å²) in [6, 6.07) is 19.3. The summed E-state index contributed by atoms with van der Waals surface area (Å²) in [5.74, 6) is 1.21. The van der Waals surface area contributed by atoms with Gasteiger partial charge in [0.25, 0.3) is 0 Å². The molecule has 0 aliphatic carbocycles. The van der Waals surface area contributed by atoms with Crippen LogP contribution in [-0.4, -0.2) is 22.3 Å². The summed E-state index contributed by atoms with van der Waals surface area (Å²) in [5.41, 5.74) is 5.25. The van der Waals surface area contributed by atoms with Gasteiger partial charge in [-0.3, -0.25) is 0 Å². The topological polar surface area (TPSA) is 59.9 Å². The number of halogens is 1. The van der Waals surface area contributed by atoms with Gasteiger partial charge in [-0.15, -0.1) is 10.2 Å². The first-order valence-electron chi connectivity index (χ1n) is 8.45. The van der Waals surface area contributed by atoms with Crippen molar-refractivity contribution >= 4 is 34.3 Å². The predicted molar refractivity (Wildman–Crippen MR) is 109 cm³/mol. The van der Waals surface area contributed by atoms with E-state index in [1.54, 1.807) is 7.11 Å². The van der Waals surface area contributed by atoms with Crippen LogP contribution in [0.2, 0.25) is 5.02 Å². The summed E-state index contributed by atoms with van der Waals surface area (Å²) in [6.07, 6.45) is 0. The molecule has 0 unspecified atom stereocenters. The van der Waals surface area contributed by atoms with Crippen LogP contribution in [0.3, 0.4) is 0 Å². The molecule has 134 valence electrons. The van der Waals surface area contributed by atoms with Crippen LogP contribution in [0.1, 0.15) is 5.56 Å². The highest BCUT2D eigenvalue weighted by Crippen LogP contribution is 2.33. The van der Waals surface area contributed by atoms with Crippen molar-refractivity contribution in [1.29, 1.82) is 0 Å². The number of benzene rings is 3. The van der Waals surface area contributed by atoms with E-state index < -0.39 is 0 Å². The first-order valence-corrected chi connectivity index (χ1v) is 8.83. The van der Waals surface area contributed by atoms with Crippen LogP contribution in [0.25, 0.3) is 22.2 Å². The Bertz CT molecular complexity index is 1120.